The van der Waals surface area contributed by atoms with Gasteiger partial charge in [-0.05, 0) is 44.4 Å². The summed E-state index contributed by atoms with van der Waals surface area (Å²) in [6, 6.07) is 3.56. The zero-order chi connectivity index (χ0) is 14.6. The van der Waals surface area contributed by atoms with E-state index in [1.165, 1.54) is 0 Å². The van der Waals surface area contributed by atoms with E-state index in [4.69, 9.17) is 11.6 Å². The number of hydrogen-bond acceptors (Lipinski definition) is 2. The van der Waals surface area contributed by atoms with E-state index in [0.29, 0.717) is 15.9 Å². The minimum absolute atomic E-state index is 0.107. The molecule has 0 radical (unpaired) electrons. The van der Waals surface area contributed by atoms with E-state index in [9.17, 15) is 14.7 Å². The van der Waals surface area contributed by atoms with Gasteiger partial charge in [-0.1, -0.05) is 11.6 Å². The molecule has 104 valence electrons. The molecule has 1 fully saturated rings. The number of aromatic nitrogens is 1. The van der Waals surface area contributed by atoms with Crippen LogP contribution in [0.5, 0.6) is 0 Å². The Bertz CT molecular complexity index is 803. The summed E-state index contributed by atoms with van der Waals surface area (Å²) in [6.07, 6.45) is 1.89. The van der Waals surface area contributed by atoms with Gasteiger partial charge < -0.3 is 9.67 Å². The van der Waals surface area contributed by atoms with Gasteiger partial charge in [-0.3, -0.25) is 4.79 Å². The van der Waals surface area contributed by atoms with Gasteiger partial charge in [0.05, 0.1) is 5.52 Å². The zero-order valence-electron chi connectivity index (χ0n) is 11.2. The maximum Gasteiger partial charge on any atom is 0.352 e. The first-order valence-electron chi connectivity index (χ1n) is 6.50. The summed E-state index contributed by atoms with van der Waals surface area (Å²) in [6.45, 7) is 3.42. The lowest BCUT2D eigenvalue weighted by molar-refractivity contribution is 0.0683. The number of rotatable bonds is 2. The summed E-state index contributed by atoms with van der Waals surface area (Å²) in [5.41, 5.74) is 1.66. The number of benzene rings is 1. The molecule has 3 rings (SSSR count). The van der Waals surface area contributed by atoms with Crippen molar-refractivity contribution < 1.29 is 9.90 Å². The number of carboxylic acid groups (broad SMARTS) is 1. The van der Waals surface area contributed by atoms with Crippen molar-refractivity contribution in [3.8, 4) is 0 Å². The van der Waals surface area contributed by atoms with Crippen LogP contribution in [0.2, 0.25) is 5.02 Å². The molecule has 0 spiro atoms. The monoisotopic (exact) mass is 291 g/mol. The van der Waals surface area contributed by atoms with Gasteiger partial charge in [0.2, 0.25) is 0 Å². The Morgan fingerprint density at radius 1 is 1.35 bits per heavy atom. The van der Waals surface area contributed by atoms with E-state index in [-0.39, 0.29) is 22.7 Å². The first-order valence-corrected chi connectivity index (χ1v) is 6.88. The van der Waals surface area contributed by atoms with Crippen LogP contribution in [0.25, 0.3) is 10.9 Å². The molecular formula is C15H14ClNO3. The number of nitrogens with zero attached hydrogens (tertiary/aromatic N) is 1. The van der Waals surface area contributed by atoms with Crippen LogP contribution < -0.4 is 5.43 Å². The first-order chi connectivity index (χ1) is 9.41. The average molecular weight is 292 g/mol. The number of halogens is 1. The summed E-state index contributed by atoms with van der Waals surface area (Å²) in [5, 5.41) is 10.5. The lowest BCUT2D eigenvalue weighted by atomic mass is 10.0. The van der Waals surface area contributed by atoms with Gasteiger partial charge in [0.15, 0.2) is 5.43 Å². The zero-order valence-corrected chi connectivity index (χ0v) is 12.0. The number of aryl methyl sites for hydroxylation is 1. The third kappa shape index (κ3) is 1.83. The number of carboxylic acids is 1. The molecule has 2 aromatic rings. The van der Waals surface area contributed by atoms with Crippen LogP contribution in [0.4, 0.5) is 0 Å². The molecule has 20 heavy (non-hydrogen) atoms. The average Bonchev–Trinajstić information content (AvgIpc) is 3.17. The molecule has 0 aliphatic heterocycles. The topological polar surface area (TPSA) is 59.3 Å². The first kappa shape index (κ1) is 13.2. The molecule has 0 bridgehead atoms. The molecule has 1 N–H and O–H groups in total. The minimum atomic E-state index is -1.05. The third-order valence-electron chi connectivity index (χ3n) is 3.80. The lowest BCUT2D eigenvalue weighted by Crippen LogP contribution is -2.22. The van der Waals surface area contributed by atoms with Crippen molar-refractivity contribution in [2.75, 3.05) is 0 Å². The van der Waals surface area contributed by atoms with E-state index in [1.807, 2.05) is 6.92 Å². The molecule has 1 aromatic heterocycles. The third-order valence-corrected chi connectivity index (χ3v) is 4.02. The highest BCUT2D eigenvalue weighted by atomic mass is 35.5. The maximum atomic E-state index is 12.4. The molecule has 0 atom stereocenters. The Morgan fingerprint density at radius 3 is 2.55 bits per heavy atom. The highest BCUT2D eigenvalue weighted by molar-refractivity contribution is 6.31. The summed E-state index contributed by atoms with van der Waals surface area (Å²) in [4.78, 5) is 24.0. The summed E-state index contributed by atoms with van der Waals surface area (Å²) in [5.74, 6) is -1.05. The molecule has 0 unspecified atom stereocenters. The Balaban J connectivity index is 2.58. The highest BCUT2D eigenvalue weighted by Crippen LogP contribution is 2.39. The molecule has 1 heterocycles. The fourth-order valence-corrected chi connectivity index (χ4v) is 3.06. The molecule has 1 saturated carbocycles. The normalized spacial score (nSPS) is 14.8. The molecule has 1 aromatic carbocycles. The molecular weight excluding hydrogens is 278 g/mol. The summed E-state index contributed by atoms with van der Waals surface area (Å²) >= 11 is 6.03. The standard InChI is InChI=1S/C15H14ClNO3/c1-7-5-9(16)6-11-12(7)17(10-3-4-10)13(15(19)20)8(2)14(11)18/h5-6,10H,3-4H2,1-2H3,(H,19,20). The van der Waals surface area contributed by atoms with Crippen LogP contribution in [0.15, 0.2) is 16.9 Å². The van der Waals surface area contributed by atoms with Gasteiger partial charge in [0.1, 0.15) is 5.69 Å². The second-order valence-corrected chi connectivity index (χ2v) is 5.76. The van der Waals surface area contributed by atoms with E-state index in [0.717, 1.165) is 18.4 Å². The number of fused-ring (bicyclic) bond motifs is 1. The van der Waals surface area contributed by atoms with E-state index in [2.05, 4.69) is 0 Å². The quantitative estimate of drug-likeness (QED) is 0.923. The van der Waals surface area contributed by atoms with Gasteiger partial charge in [-0.25, -0.2) is 4.79 Å². The summed E-state index contributed by atoms with van der Waals surface area (Å²) < 4.78 is 1.81. The predicted octanol–water partition coefficient (Wildman–Crippen LogP) is 3.30. The molecule has 0 amide bonds. The second kappa shape index (κ2) is 4.35. The van der Waals surface area contributed by atoms with Crippen LogP contribution in [0.3, 0.4) is 0 Å². The van der Waals surface area contributed by atoms with Crippen molar-refractivity contribution in [3.05, 3.63) is 44.2 Å². The highest BCUT2D eigenvalue weighted by Gasteiger charge is 2.31. The number of pyridine rings is 1. The van der Waals surface area contributed by atoms with Crippen molar-refractivity contribution in [2.45, 2.75) is 32.7 Å². The van der Waals surface area contributed by atoms with Crippen molar-refractivity contribution in [2.24, 2.45) is 0 Å². The maximum absolute atomic E-state index is 12.4. The fourth-order valence-electron chi connectivity index (χ4n) is 2.79. The van der Waals surface area contributed by atoms with Crippen LogP contribution in [-0.4, -0.2) is 15.6 Å². The SMILES string of the molecule is Cc1c(C(=O)O)n(C2CC2)c2c(C)cc(Cl)cc2c1=O. The van der Waals surface area contributed by atoms with E-state index < -0.39 is 5.97 Å². The van der Waals surface area contributed by atoms with Crippen LogP contribution in [0.1, 0.15) is 40.5 Å². The molecule has 1 aliphatic rings. The molecule has 4 nitrogen and oxygen atoms in total. The van der Waals surface area contributed by atoms with Crippen molar-refractivity contribution >= 4 is 28.5 Å². The van der Waals surface area contributed by atoms with Crippen molar-refractivity contribution in [3.63, 3.8) is 0 Å². The van der Waals surface area contributed by atoms with Crippen LogP contribution in [0, 0.1) is 13.8 Å². The smallest absolute Gasteiger partial charge is 0.352 e. The van der Waals surface area contributed by atoms with Gasteiger partial charge in [-0.2, -0.15) is 0 Å². The van der Waals surface area contributed by atoms with Crippen LogP contribution in [-0.2, 0) is 0 Å². The Hall–Kier alpha value is -1.81. The minimum Gasteiger partial charge on any atom is -0.477 e. The Labute approximate surface area is 120 Å². The molecule has 1 aliphatic carbocycles. The van der Waals surface area contributed by atoms with Gasteiger partial charge in [0.25, 0.3) is 0 Å². The predicted molar refractivity (Wildman–Crippen MR) is 77.9 cm³/mol. The number of hydrogen-bond donors (Lipinski definition) is 1. The van der Waals surface area contributed by atoms with E-state index >= 15 is 0 Å². The lowest BCUT2D eigenvalue weighted by Gasteiger charge is -2.18. The Kier molecular flexibility index (Phi) is 2.87. The van der Waals surface area contributed by atoms with Gasteiger partial charge in [-0.15, -0.1) is 0 Å². The van der Waals surface area contributed by atoms with Gasteiger partial charge in [0, 0.05) is 22.0 Å². The molecule has 5 heteroatoms. The second-order valence-electron chi connectivity index (χ2n) is 5.33. The number of carbonyl (C=O) groups is 1. The van der Waals surface area contributed by atoms with Crippen LogP contribution >= 0.6 is 11.6 Å². The fraction of sp³-hybridized carbons (Fsp3) is 0.333. The van der Waals surface area contributed by atoms with E-state index in [1.54, 1.807) is 23.6 Å². The van der Waals surface area contributed by atoms with Crippen molar-refractivity contribution in [1.29, 1.82) is 0 Å². The van der Waals surface area contributed by atoms with Crippen molar-refractivity contribution in [1.82, 2.24) is 4.57 Å². The molecule has 0 saturated heterocycles. The van der Waals surface area contributed by atoms with Gasteiger partial charge >= 0.3 is 5.97 Å². The number of aromatic carboxylic acids is 1. The Morgan fingerprint density at radius 2 is 2.00 bits per heavy atom. The summed E-state index contributed by atoms with van der Waals surface area (Å²) in [7, 11) is 0. The largest absolute Gasteiger partial charge is 0.477 e.